The highest BCUT2D eigenvalue weighted by molar-refractivity contribution is 6.17. The molecule has 1 atom stereocenters. The first-order valence-electron chi connectivity index (χ1n) is 6.17. The molecule has 0 amide bonds. The molecule has 0 aromatic carbocycles. The first-order chi connectivity index (χ1) is 7.94. The predicted octanol–water partition coefficient (Wildman–Crippen LogP) is 1.23. The standard InChI is InChI=1S/C12H23ClN2O2/c1-12(2,3)17-11(16)10-9-14-6-8-15(10)7-4-5-13/h10,14H,4-9H2,1-3H3. The average Bonchev–Trinajstić information content (AvgIpc) is 2.24. The van der Waals surface area contributed by atoms with Crippen LogP contribution in [0.4, 0.5) is 0 Å². The van der Waals surface area contributed by atoms with Crippen molar-refractivity contribution in [3.63, 3.8) is 0 Å². The number of hydrogen-bond donors (Lipinski definition) is 1. The number of carbonyl (C=O) groups is 1. The lowest BCUT2D eigenvalue weighted by Crippen LogP contribution is -2.56. The van der Waals surface area contributed by atoms with Crippen LogP contribution in [0.15, 0.2) is 0 Å². The highest BCUT2D eigenvalue weighted by Gasteiger charge is 2.31. The van der Waals surface area contributed by atoms with E-state index in [-0.39, 0.29) is 12.0 Å². The van der Waals surface area contributed by atoms with Crippen LogP contribution < -0.4 is 5.32 Å². The third kappa shape index (κ3) is 5.23. The largest absolute Gasteiger partial charge is 0.459 e. The number of alkyl halides is 1. The second-order valence-corrected chi connectivity index (χ2v) is 5.71. The van der Waals surface area contributed by atoms with E-state index in [0.29, 0.717) is 12.4 Å². The van der Waals surface area contributed by atoms with E-state index in [1.54, 1.807) is 0 Å². The molecule has 1 N–H and O–H groups in total. The van der Waals surface area contributed by atoms with Crippen molar-refractivity contribution in [3.05, 3.63) is 0 Å². The molecule has 1 unspecified atom stereocenters. The predicted molar refractivity (Wildman–Crippen MR) is 69.4 cm³/mol. The molecule has 0 radical (unpaired) electrons. The summed E-state index contributed by atoms with van der Waals surface area (Å²) in [6.45, 7) is 8.99. The summed E-state index contributed by atoms with van der Waals surface area (Å²) in [6.07, 6.45) is 0.904. The highest BCUT2D eigenvalue weighted by atomic mass is 35.5. The van der Waals surface area contributed by atoms with Crippen molar-refractivity contribution in [1.82, 2.24) is 10.2 Å². The van der Waals surface area contributed by atoms with Gasteiger partial charge in [-0.1, -0.05) is 0 Å². The summed E-state index contributed by atoms with van der Waals surface area (Å²) < 4.78 is 5.43. The van der Waals surface area contributed by atoms with Crippen LogP contribution in [0.2, 0.25) is 0 Å². The molecule has 0 bridgehead atoms. The zero-order valence-electron chi connectivity index (χ0n) is 11.0. The normalized spacial score (nSPS) is 22.5. The van der Waals surface area contributed by atoms with Crippen LogP contribution in [0.1, 0.15) is 27.2 Å². The summed E-state index contributed by atoms with van der Waals surface area (Å²) in [5.41, 5.74) is -0.424. The van der Waals surface area contributed by atoms with E-state index in [1.165, 1.54) is 0 Å². The van der Waals surface area contributed by atoms with Crippen LogP contribution in [0, 0.1) is 0 Å². The maximum absolute atomic E-state index is 12.1. The van der Waals surface area contributed by atoms with Crippen molar-refractivity contribution >= 4 is 17.6 Å². The van der Waals surface area contributed by atoms with Gasteiger partial charge >= 0.3 is 5.97 Å². The zero-order chi connectivity index (χ0) is 12.9. The third-order valence-corrected chi connectivity index (χ3v) is 2.88. The van der Waals surface area contributed by atoms with Crippen LogP contribution in [0.25, 0.3) is 0 Å². The van der Waals surface area contributed by atoms with Gasteiger partial charge in [0.25, 0.3) is 0 Å². The Balaban J connectivity index is 2.54. The summed E-state index contributed by atoms with van der Waals surface area (Å²) in [5.74, 6) is 0.490. The minimum absolute atomic E-state index is 0.140. The van der Waals surface area contributed by atoms with Crippen LogP contribution in [0.5, 0.6) is 0 Å². The van der Waals surface area contributed by atoms with Crippen molar-refractivity contribution in [2.45, 2.75) is 38.8 Å². The number of halogens is 1. The van der Waals surface area contributed by atoms with Crippen molar-refractivity contribution in [2.75, 3.05) is 32.1 Å². The fourth-order valence-corrected chi connectivity index (χ4v) is 2.00. The van der Waals surface area contributed by atoms with Gasteiger partial charge in [-0.2, -0.15) is 0 Å². The Bertz CT molecular complexity index is 253. The maximum Gasteiger partial charge on any atom is 0.325 e. The molecule has 5 heteroatoms. The fourth-order valence-electron chi connectivity index (χ4n) is 1.88. The molecular weight excluding hydrogens is 240 g/mol. The molecule has 0 spiro atoms. The summed E-state index contributed by atoms with van der Waals surface area (Å²) >= 11 is 5.70. The zero-order valence-corrected chi connectivity index (χ0v) is 11.7. The first kappa shape index (κ1) is 14.7. The molecule has 1 saturated heterocycles. The number of esters is 1. The van der Waals surface area contributed by atoms with E-state index < -0.39 is 5.60 Å². The molecule has 1 aliphatic rings. The Morgan fingerprint density at radius 1 is 1.53 bits per heavy atom. The molecule has 1 aliphatic heterocycles. The van der Waals surface area contributed by atoms with Crippen LogP contribution in [-0.2, 0) is 9.53 Å². The fraction of sp³-hybridized carbons (Fsp3) is 0.917. The SMILES string of the molecule is CC(C)(C)OC(=O)C1CNCCN1CCCCl. The average molecular weight is 263 g/mol. The monoisotopic (exact) mass is 262 g/mol. The molecular formula is C12H23ClN2O2. The molecule has 0 aliphatic carbocycles. The lowest BCUT2D eigenvalue weighted by Gasteiger charge is -2.35. The van der Waals surface area contributed by atoms with E-state index in [2.05, 4.69) is 10.2 Å². The summed E-state index contributed by atoms with van der Waals surface area (Å²) in [7, 11) is 0. The van der Waals surface area contributed by atoms with Gasteiger partial charge in [-0.3, -0.25) is 9.69 Å². The Morgan fingerprint density at radius 3 is 2.82 bits per heavy atom. The summed E-state index contributed by atoms with van der Waals surface area (Å²) in [4.78, 5) is 14.2. The van der Waals surface area contributed by atoms with Crippen molar-refractivity contribution < 1.29 is 9.53 Å². The van der Waals surface area contributed by atoms with Gasteiger partial charge in [-0.15, -0.1) is 11.6 Å². The van der Waals surface area contributed by atoms with Crippen molar-refractivity contribution in [2.24, 2.45) is 0 Å². The molecule has 0 aromatic heterocycles. The van der Waals surface area contributed by atoms with Gasteiger partial charge < -0.3 is 10.1 Å². The molecule has 17 heavy (non-hydrogen) atoms. The maximum atomic E-state index is 12.1. The van der Waals surface area contributed by atoms with Crippen molar-refractivity contribution in [1.29, 1.82) is 0 Å². The van der Waals surface area contributed by atoms with Crippen molar-refractivity contribution in [3.8, 4) is 0 Å². The Morgan fingerprint density at radius 2 is 2.24 bits per heavy atom. The molecule has 0 saturated carbocycles. The van der Waals surface area contributed by atoms with Gasteiger partial charge in [0.2, 0.25) is 0 Å². The van der Waals surface area contributed by atoms with E-state index in [9.17, 15) is 4.79 Å². The third-order valence-electron chi connectivity index (χ3n) is 2.61. The van der Waals surface area contributed by atoms with E-state index in [4.69, 9.17) is 16.3 Å². The van der Waals surface area contributed by atoms with Gasteiger partial charge in [0.15, 0.2) is 0 Å². The minimum atomic E-state index is -0.424. The number of ether oxygens (including phenoxy) is 1. The highest BCUT2D eigenvalue weighted by Crippen LogP contribution is 2.13. The van der Waals surface area contributed by atoms with E-state index in [1.807, 2.05) is 20.8 Å². The summed E-state index contributed by atoms with van der Waals surface area (Å²) in [6, 6.07) is -0.175. The molecule has 1 heterocycles. The Labute approximate surface area is 109 Å². The van der Waals surface area contributed by atoms with E-state index in [0.717, 1.165) is 26.1 Å². The molecule has 4 nitrogen and oxygen atoms in total. The quantitative estimate of drug-likeness (QED) is 0.611. The number of nitrogens with zero attached hydrogens (tertiary/aromatic N) is 1. The molecule has 0 aromatic rings. The van der Waals surface area contributed by atoms with Crippen LogP contribution in [0.3, 0.4) is 0 Å². The van der Waals surface area contributed by atoms with Crippen LogP contribution >= 0.6 is 11.6 Å². The lowest BCUT2D eigenvalue weighted by atomic mass is 10.1. The molecule has 1 fully saturated rings. The number of piperazine rings is 1. The topological polar surface area (TPSA) is 41.6 Å². The summed E-state index contributed by atoms with van der Waals surface area (Å²) in [5, 5.41) is 3.23. The number of rotatable bonds is 4. The van der Waals surface area contributed by atoms with Gasteiger partial charge in [-0.05, 0) is 27.2 Å². The number of carbonyl (C=O) groups excluding carboxylic acids is 1. The molecule has 100 valence electrons. The Kier molecular flexibility index (Phi) is 5.70. The van der Waals surface area contributed by atoms with E-state index >= 15 is 0 Å². The second-order valence-electron chi connectivity index (χ2n) is 5.33. The Hall–Kier alpha value is -0.320. The van der Waals surface area contributed by atoms with Crippen LogP contribution in [-0.4, -0.2) is 54.6 Å². The van der Waals surface area contributed by atoms with Gasteiger partial charge in [-0.25, -0.2) is 0 Å². The van der Waals surface area contributed by atoms with Gasteiger partial charge in [0, 0.05) is 32.1 Å². The lowest BCUT2D eigenvalue weighted by molar-refractivity contribution is -0.162. The number of hydrogen-bond acceptors (Lipinski definition) is 4. The second kappa shape index (κ2) is 6.57. The number of nitrogens with one attached hydrogen (secondary N) is 1. The first-order valence-corrected chi connectivity index (χ1v) is 6.71. The smallest absolute Gasteiger partial charge is 0.325 e. The minimum Gasteiger partial charge on any atom is -0.459 e. The van der Waals surface area contributed by atoms with Gasteiger partial charge in [0.1, 0.15) is 11.6 Å². The molecule has 1 rings (SSSR count). The van der Waals surface area contributed by atoms with Gasteiger partial charge in [0.05, 0.1) is 0 Å².